The lowest BCUT2D eigenvalue weighted by Gasteiger charge is -2.24. The van der Waals surface area contributed by atoms with Crippen LogP contribution in [0.25, 0.3) is 0 Å². The number of hydrogen-bond donors (Lipinski definition) is 2. The number of nitrogens with two attached hydrogens (primary N) is 1. The third kappa shape index (κ3) is 3.04. The summed E-state index contributed by atoms with van der Waals surface area (Å²) >= 11 is 0. The summed E-state index contributed by atoms with van der Waals surface area (Å²) in [6.07, 6.45) is 4.09. The molecule has 0 aromatic carbocycles. The molecular formula is C15H25ClN4O3. The van der Waals surface area contributed by atoms with Gasteiger partial charge in [0.2, 0.25) is 5.91 Å². The number of imide groups is 1. The highest BCUT2D eigenvalue weighted by Crippen LogP contribution is 2.35. The van der Waals surface area contributed by atoms with E-state index >= 15 is 0 Å². The van der Waals surface area contributed by atoms with Gasteiger partial charge in [-0.25, -0.2) is 4.79 Å². The number of nitrogens with zero attached hydrogens (tertiary/aromatic N) is 2. The first-order valence-electron chi connectivity index (χ1n) is 8.01. The maximum atomic E-state index is 12.5. The first-order valence-corrected chi connectivity index (χ1v) is 8.01. The van der Waals surface area contributed by atoms with Crippen LogP contribution in [-0.4, -0.2) is 59.4 Å². The molecule has 4 amide bonds. The summed E-state index contributed by atoms with van der Waals surface area (Å²) in [5.41, 5.74) is 4.95. The van der Waals surface area contributed by atoms with E-state index in [2.05, 4.69) is 12.2 Å². The van der Waals surface area contributed by atoms with Gasteiger partial charge in [0.05, 0.1) is 0 Å². The van der Waals surface area contributed by atoms with Gasteiger partial charge in [0.1, 0.15) is 12.1 Å². The van der Waals surface area contributed by atoms with Crippen LogP contribution in [0, 0.1) is 5.41 Å². The van der Waals surface area contributed by atoms with Crippen molar-refractivity contribution in [3.8, 4) is 0 Å². The van der Waals surface area contributed by atoms with Crippen LogP contribution in [0.1, 0.15) is 39.0 Å². The number of carbonyl (C=O) groups is 3. The van der Waals surface area contributed by atoms with Gasteiger partial charge in [0.15, 0.2) is 0 Å². The second-order valence-corrected chi connectivity index (χ2v) is 7.19. The van der Waals surface area contributed by atoms with Gasteiger partial charge in [-0.15, -0.1) is 12.4 Å². The van der Waals surface area contributed by atoms with Crippen molar-refractivity contribution in [1.29, 1.82) is 0 Å². The molecule has 2 saturated heterocycles. The van der Waals surface area contributed by atoms with Crippen LogP contribution < -0.4 is 11.1 Å². The summed E-state index contributed by atoms with van der Waals surface area (Å²) in [5, 5.41) is 2.80. The molecule has 23 heavy (non-hydrogen) atoms. The number of nitrogens with one attached hydrogen (secondary N) is 1. The third-order valence-electron chi connectivity index (χ3n) is 5.40. The van der Waals surface area contributed by atoms with Crippen LogP contribution in [0.4, 0.5) is 4.79 Å². The minimum absolute atomic E-state index is 0. The molecule has 1 unspecified atom stereocenters. The van der Waals surface area contributed by atoms with E-state index in [1.807, 2.05) is 0 Å². The first kappa shape index (κ1) is 18.0. The fourth-order valence-corrected chi connectivity index (χ4v) is 3.78. The quantitative estimate of drug-likeness (QED) is 0.727. The third-order valence-corrected chi connectivity index (χ3v) is 5.40. The standard InChI is InChI=1S/C15H24N4O3.ClH/c1-14(9-16)6-7-18(10-14)11(20)8-19-12(21)15(17-13(19)22)4-2-3-5-15;/h2-10,16H2,1H3,(H,17,22);1H. The van der Waals surface area contributed by atoms with Gasteiger partial charge >= 0.3 is 6.03 Å². The van der Waals surface area contributed by atoms with Crippen LogP contribution in [0.15, 0.2) is 0 Å². The zero-order valence-corrected chi connectivity index (χ0v) is 14.3. The fraction of sp³-hybridized carbons (Fsp3) is 0.800. The Morgan fingerprint density at radius 2 is 1.91 bits per heavy atom. The van der Waals surface area contributed by atoms with Gasteiger partial charge in [-0.3, -0.25) is 14.5 Å². The SMILES string of the molecule is CC1(CN)CCN(C(=O)CN2C(=O)NC3(CCCC3)C2=O)C1.Cl. The Balaban J connectivity index is 0.00000192. The molecule has 8 heteroatoms. The molecule has 0 radical (unpaired) electrons. The number of rotatable bonds is 3. The number of hydrogen-bond acceptors (Lipinski definition) is 4. The molecule has 3 fully saturated rings. The van der Waals surface area contributed by atoms with E-state index in [1.54, 1.807) is 4.90 Å². The minimum Gasteiger partial charge on any atom is -0.341 e. The highest BCUT2D eigenvalue weighted by molar-refractivity contribution is 6.09. The molecule has 0 bridgehead atoms. The Morgan fingerprint density at radius 3 is 2.48 bits per heavy atom. The predicted molar refractivity (Wildman–Crippen MR) is 87.1 cm³/mol. The van der Waals surface area contributed by atoms with E-state index in [0.29, 0.717) is 32.5 Å². The lowest BCUT2D eigenvalue weighted by atomic mass is 9.90. The topological polar surface area (TPSA) is 95.7 Å². The average molecular weight is 345 g/mol. The lowest BCUT2D eigenvalue weighted by molar-refractivity contribution is -0.138. The van der Waals surface area contributed by atoms with E-state index in [-0.39, 0.29) is 36.2 Å². The Hall–Kier alpha value is -1.34. The molecule has 1 aliphatic carbocycles. The normalized spacial score (nSPS) is 29.1. The van der Waals surface area contributed by atoms with Gasteiger partial charge < -0.3 is 16.0 Å². The van der Waals surface area contributed by atoms with Gasteiger partial charge in [-0.05, 0) is 31.2 Å². The van der Waals surface area contributed by atoms with E-state index in [0.717, 1.165) is 24.2 Å². The minimum atomic E-state index is -0.742. The van der Waals surface area contributed by atoms with Crippen LogP contribution in [-0.2, 0) is 9.59 Å². The summed E-state index contributed by atoms with van der Waals surface area (Å²) < 4.78 is 0. The molecule has 130 valence electrons. The summed E-state index contributed by atoms with van der Waals surface area (Å²) in [6.45, 7) is 3.66. The van der Waals surface area contributed by atoms with Crippen molar-refractivity contribution < 1.29 is 14.4 Å². The molecule has 3 N–H and O–H groups in total. The van der Waals surface area contributed by atoms with Gasteiger partial charge in [-0.1, -0.05) is 19.8 Å². The summed E-state index contributed by atoms with van der Waals surface area (Å²) in [4.78, 5) is 39.8. The number of urea groups is 1. The Morgan fingerprint density at radius 1 is 1.26 bits per heavy atom. The molecule has 2 aliphatic heterocycles. The lowest BCUT2D eigenvalue weighted by Crippen LogP contribution is -2.46. The van der Waals surface area contributed by atoms with Crippen LogP contribution >= 0.6 is 12.4 Å². The summed E-state index contributed by atoms with van der Waals surface area (Å²) in [7, 11) is 0. The zero-order chi connectivity index (χ0) is 16.0. The van der Waals surface area contributed by atoms with Crippen LogP contribution in [0.5, 0.6) is 0 Å². The molecule has 1 saturated carbocycles. The van der Waals surface area contributed by atoms with E-state index in [1.165, 1.54) is 0 Å². The monoisotopic (exact) mass is 344 g/mol. The predicted octanol–water partition coefficient (Wildman–Crippen LogP) is 0.470. The number of amides is 4. The molecule has 7 nitrogen and oxygen atoms in total. The molecule has 0 aromatic rings. The highest BCUT2D eigenvalue weighted by Gasteiger charge is 2.53. The van der Waals surface area contributed by atoms with Gasteiger partial charge in [-0.2, -0.15) is 0 Å². The van der Waals surface area contributed by atoms with Crippen molar-refractivity contribution in [2.45, 2.75) is 44.6 Å². The summed E-state index contributed by atoms with van der Waals surface area (Å²) in [5.74, 6) is -0.403. The molecule has 0 aromatic heterocycles. The van der Waals surface area contributed by atoms with Crippen molar-refractivity contribution >= 4 is 30.3 Å². The largest absolute Gasteiger partial charge is 0.341 e. The van der Waals surface area contributed by atoms with E-state index in [9.17, 15) is 14.4 Å². The van der Waals surface area contributed by atoms with Crippen molar-refractivity contribution in [2.24, 2.45) is 11.1 Å². The van der Waals surface area contributed by atoms with Crippen molar-refractivity contribution in [1.82, 2.24) is 15.1 Å². The Bertz CT molecular complexity index is 521. The number of carbonyl (C=O) groups excluding carboxylic acids is 3. The molecule has 2 heterocycles. The second-order valence-electron chi connectivity index (χ2n) is 7.19. The molecule has 1 atom stereocenters. The average Bonchev–Trinajstić information content (AvgIpc) is 3.16. The number of halogens is 1. The molecule has 3 aliphatic rings. The molecule has 1 spiro atoms. The van der Waals surface area contributed by atoms with Gasteiger partial charge in [0.25, 0.3) is 5.91 Å². The van der Waals surface area contributed by atoms with Crippen LogP contribution in [0.3, 0.4) is 0 Å². The number of likely N-dealkylation sites (tertiary alicyclic amines) is 1. The zero-order valence-electron chi connectivity index (χ0n) is 13.5. The van der Waals surface area contributed by atoms with Crippen LogP contribution in [0.2, 0.25) is 0 Å². The fourth-order valence-electron chi connectivity index (χ4n) is 3.78. The van der Waals surface area contributed by atoms with Crippen molar-refractivity contribution in [3.05, 3.63) is 0 Å². The Kier molecular flexibility index (Phi) is 4.92. The maximum Gasteiger partial charge on any atom is 0.325 e. The van der Waals surface area contributed by atoms with Crippen molar-refractivity contribution in [2.75, 3.05) is 26.2 Å². The maximum absolute atomic E-state index is 12.5. The molecular weight excluding hydrogens is 320 g/mol. The van der Waals surface area contributed by atoms with Crippen molar-refractivity contribution in [3.63, 3.8) is 0 Å². The molecule has 3 rings (SSSR count). The van der Waals surface area contributed by atoms with E-state index < -0.39 is 11.6 Å². The van der Waals surface area contributed by atoms with E-state index in [4.69, 9.17) is 5.73 Å². The highest BCUT2D eigenvalue weighted by atomic mass is 35.5. The first-order chi connectivity index (χ1) is 10.4. The Labute approximate surface area is 142 Å². The second kappa shape index (κ2) is 6.28. The van der Waals surface area contributed by atoms with Gasteiger partial charge in [0, 0.05) is 13.1 Å². The summed E-state index contributed by atoms with van der Waals surface area (Å²) in [6, 6.07) is -0.430. The smallest absolute Gasteiger partial charge is 0.325 e.